The molecule has 2 aliphatic heterocycles. The molecule has 14 heteroatoms. The average molecular weight is 1300 g/mol. The van der Waals surface area contributed by atoms with Crippen LogP contribution in [0.25, 0.3) is 73.0 Å². The van der Waals surface area contributed by atoms with Crippen molar-refractivity contribution in [1.29, 1.82) is 0 Å². The number of rotatable bonds is 32. The van der Waals surface area contributed by atoms with Crippen LogP contribution in [0.3, 0.4) is 0 Å². The Morgan fingerprint density at radius 2 is 0.689 bits per heavy atom. The summed E-state index contributed by atoms with van der Waals surface area (Å²) in [5, 5.41) is 4.82. The molecule has 10 nitrogen and oxygen atoms in total. The summed E-state index contributed by atoms with van der Waals surface area (Å²) in [5.41, 5.74) is 1.90. The summed E-state index contributed by atoms with van der Waals surface area (Å²) in [6.07, 6.45) is 13.5. The SMILES string of the molecule is CCCCCCCOCCCOCCN1C(=O)C2=C(c3ccc(-c4cc5cc6sc(C(C(C)(C)C)C(C)(C)C)cc6cc5s4)o3)N(CCOCCCOCCCCCCC)C(=O)C2=C1c1ccc(-c2cc3cc4sc(C(C(C)(C)C)C(C)(C)C)cc4cc3s2)o1. The number of hydrogen-bond acceptors (Lipinski definition) is 12. The zero-order valence-corrected chi connectivity index (χ0v) is 59.7. The van der Waals surface area contributed by atoms with Crippen molar-refractivity contribution in [2.24, 2.45) is 21.7 Å². The smallest absolute Gasteiger partial charge is 0.261 e. The average Bonchev–Trinajstić information content (AvgIpc) is 1.61. The minimum atomic E-state index is -0.299. The zero-order valence-electron chi connectivity index (χ0n) is 56.4. The Hall–Kier alpha value is -4.90. The van der Waals surface area contributed by atoms with Gasteiger partial charge in [-0.05, 0) is 142 Å². The molecule has 10 rings (SSSR count). The molecule has 2 aromatic carbocycles. The molecule has 0 saturated heterocycles. The van der Waals surface area contributed by atoms with Gasteiger partial charge in [0, 0.05) is 93.1 Å². The molecule has 486 valence electrons. The summed E-state index contributed by atoms with van der Waals surface area (Å²) in [6.45, 7) is 37.3. The monoisotopic (exact) mass is 1300 g/mol. The molecule has 0 bridgehead atoms. The second-order valence-electron chi connectivity index (χ2n) is 29.4. The number of benzene rings is 2. The van der Waals surface area contributed by atoms with E-state index in [2.05, 4.69) is 145 Å². The van der Waals surface area contributed by atoms with E-state index >= 15 is 9.59 Å². The van der Waals surface area contributed by atoms with Crippen molar-refractivity contribution in [3.05, 3.63) is 105 Å². The normalized spacial score (nSPS) is 14.7. The molecule has 0 unspecified atom stereocenters. The van der Waals surface area contributed by atoms with Crippen molar-refractivity contribution in [1.82, 2.24) is 9.80 Å². The molecule has 6 aromatic heterocycles. The van der Waals surface area contributed by atoms with Crippen molar-refractivity contribution < 1.29 is 37.4 Å². The van der Waals surface area contributed by atoms with Gasteiger partial charge in [0.2, 0.25) is 0 Å². The molecular weight excluding hydrogens is 1200 g/mol. The molecule has 0 atom stereocenters. The van der Waals surface area contributed by atoms with Gasteiger partial charge in [-0.2, -0.15) is 0 Å². The maximum absolute atomic E-state index is 15.5. The van der Waals surface area contributed by atoms with Crippen LogP contribution < -0.4 is 0 Å². The summed E-state index contributed by atoms with van der Waals surface area (Å²) in [6, 6.07) is 26.3. The molecule has 8 aromatic rings. The Labute approximate surface area is 552 Å². The van der Waals surface area contributed by atoms with E-state index < -0.39 is 0 Å². The molecule has 0 N–H and O–H groups in total. The number of hydrogen-bond donors (Lipinski definition) is 0. The Bertz CT molecular complexity index is 3430. The lowest BCUT2D eigenvalue weighted by Gasteiger charge is -2.40. The molecule has 0 saturated carbocycles. The third-order valence-electron chi connectivity index (χ3n) is 17.6. The quantitative estimate of drug-likeness (QED) is 0.0384. The Morgan fingerprint density at radius 3 is 1.04 bits per heavy atom. The molecule has 0 fully saturated rings. The summed E-state index contributed by atoms with van der Waals surface area (Å²) >= 11 is 7.19. The van der Waals surface area contributed by atoms with E-state index in [-0.39, 0.29) is 59.8 Å². The van der Waals surface area contributed by atoms with E-state index in [4.69, 9.17) is 27.8 Å². The van der Waals surface area contributed by atoms with Crippen LogP contribution in [0.5, 0.6) is 0 Å². The van der Waals surface area contributed by atoms with Gasteiger partial charge in [-0.3, -0.25) is 9.59 Å². The van der Waals surface area contributed by atoms with E-state index in [1.807, 2.05) is 46.9 Å². The molecule has 2 aliphatic rings. The standard InChI is InChI=1S/C76H100N2O8S4/c1-15-17-19-21-23-33-81-35-25-37-83-39-31-77-67(55-29-27-53(85-55)61-45-49-41-59-51(43-57(49)87-61)47-63(89-59)69(73(3,4)5)74(6,7)8)65-66(71(77)79)68(78(72(65)80)32-40-84-38-26-36-82-34-24-22-20-18-16-2)56-30-28-54(86-56)62-46-50-42-60-52(44-58(50)88-62)48-64(90-60)70(75(9,10)11)76(12,13)14/h27-30,41-48,69-70H,15-26,31-40H2,1-14H3. The number of nitrogens with zero attached hydrogens (tertiary/aromatic N) is 2. The topological polar surface area (TPSA) is 104 Å². The highest BCUT2D eigenvalue weighted by Gasteiger charge is 2.50. The van der Waals surface area contributed by atoms with E-state index in [0.717, 1.165) is 59.4 Å². The fraction of sp³-hybridized carbons (Fsp3) is 0.553. The summed E-state index contributed by atoms with van der Waals surface area (Å²) in [4.78, 5) is 39.2. The first-order chi connectivity index (χ1) is 42.9. The van der Waals surface area contributed by atoms with E-state index in [1.54, 1.807) is 32.5 Å². The molecule has 2 amide bonds. The molecular formula is C76H100N2O8S4. The predicted octanol–water partition coefficient (Wildman–Crippen LogP) is 22.0. The maximum Gasteiger partial charge on any atom is 0.261 e. The van der Waals surface area contributed by atoms with Gasteiger partial charge in [0.1, 0.15) is 22.9 Å². The lowest BCUT2D eigenvalue weighted by molar-refractivity contribution is -0.124. The highest BCUT2D eigenvalue weighted by molar-refractivity contribution is 7.23. The van der Waals surface area contributed by atoms with Gasteiger partial charge in [-0.1, -0.05) is 148 Å². The zero-order chi connectivity index (χ0) is 64.1. The van der Waals surface area contributed by atoms with Gasteiger partial charge in [-0.15, -0.1) is 45.3 Å². The van der Waals surface area contributed by atoms with Crippen LogP contribution in [0.1, 0.15) is 207 Å². The van der Waals surface area contributed by atoms with Crippen LogP contribution in [0.4, 0.5) is 0 Å². The van der Waals surface area contributed by atoms with Crippen molar-refractivity contribution in [3.8, 4) is 21.3 Å². The van der Waals surface area contributed by atoms with E-state index in [1.165, 1.54) is 90.7 Å². The first-order valence-electron chi connectivity index (χ1n) is 33.5. The van der Waals surface area contributed by atoms with Crippen LogP contribution in [0.15, 0.2) is 92.8 Å². The lowest BCUT2D eigenvalue weighted by atomic mass is 9.66. The number of carbonyl (C=O) groups is 2. The van der Waals surface area contributed by atoms with Crippen molar-refractivity contribution in [3.63, 3.8) is 0 Å². The summed E-state index contributed by atoms with van der Waals surface area (Å²) in [7, 11) is 0. The van der Waals surface area contributed by atoms with Gasteiger partial charge in [0.15, 0.2) is 11.5 Å². The van der Waals surface area contributed by atoms with Crippen LogP contribution in [0, 0.1) is 21.7 Å². The molecule has 0 spiro atoms. The summed E-state index contributed by atoms with van der Waals surface area (Å²) in [5.74, 6) is 2.42. The lowest BCUT2D eigenvalue weighted by Crippen LogP contribution is -2.33. The van der Waals surface area contributed by atoms with Gasteiger partial charge in [0.05, 0.1) is 34.1 Å². The molecule has 0 aliphatic carbocycles. The van der Waals surface area contributed by atoms with Crippen molar-refractivity contribution in [2.45, 2.75) is 186 Å². The van der Waals surface area contributed by atoms with Crippen molar-refractivity contribution in [2.75, 3.05) is 65.9 Å². The molecule has 8 heterocycles. The van der Waals surface area contributed by atoms with Gasteiger partial charge < -0.3 is 37.6 Å². The van der Waals surface area contributed by atoms with Gasteiger partial charge in [0.25, 0.3) is 11.8 Å². The second-order valence-corrected chi connectivity index (χ2v) is 33.8. The van der Waals surface area contributed by atoms with Crippen LogP contribution in [0.2, 0.25) is 0 Å². The highest BCUT2D eigenvalue weighted by Crippen LogP contribution is 2.54. The number of amides is 2. The van der Waals surface area contributed by atoms with Crippen LogP contribution >= 0.6 is 45.3 Å². The second kappa shape index (κ2) is 29.2. The largest absolute Gasteiger partial charge is 0.454 e. The van der Waals surface area contributed by atoms with Gasteiger partial charge >= 0.3 is 0 Å². The fourth-order valence-electron chi connectivity index (χ4n) is 14.4. The minimum absolute atomic E-state index is 0.108. The van der Waals surface area contributed by atoms with Gasteiger partial charge in [-0.25, -0.2) is 0 Å². The summed E-state index contributed by atoms with van der Waals surface area (Å²) < 4.78 is 43.1. The minimum Gasteiger partial charge on any atom is -0.454 e. The Kier molecular flexibility index (Phi) is 22.0. The predicted molar refractivity (Wildman–Crippen MR) is 380 cm³/mol. The highest BCUT2D eigenvalue weighted by atomic mass is 32.1. The van der Waals surface area contributed by atoms with Crippen LogP contribution in [-0.4, -0.2) is 87.6 Å². The molecule has 0 radical (unpaired) electrons. The Balaban J connectivity index is 0.963. The van der Waals surface area contributed by atoms with Crippen molar-refractivity contribution >= 4 is 109 Å². The Morgan fingerprint density at radius 1 is 0.378 bits per heavy atom. The third-order valence-corrected chi connectivity index (χ3v) is 22.1. The number of carbonyl (C=O) groups excluding carboxylic acids is 2. The van der Waals surface area contributed by atoms with E-state index in [9.17, 15) is 0 Å². The number of fused-ring (bicyclic) bond motifs is 5. The number of thiophene rings is 4. The van der Waals surface area contributed by atoms with E-state index in [0.29, 0.717) is 83.8 Å². The maximum atomic E-state index is 15.5. The molecule has 90 heavy (non-hydrogen) atoms. The number of unbranched alkanes of at least 4 members (excludes halogenated alkanes) is 8. The fourth-order valence-corrected chi connectivity index (χ4v) is 19.9. The first kappa shape index (κ1) is 68.0. The van der Waals surface area contributed by atoms with Crippen LogP contribution in [-0.2, 0) is 28.5 Å². The first-order valence-corrected chi connectivity index (χ1v) is 36.8. The number of furan rings is 2. The third kappa shape index (κ3) is 15.7. The number of ether oxygens (including phenoxy) is 4.